The zero-order valence-corrected chi connectivity index (χ0v) is 13.8. The van der Waals surface area contributed by atoms with Crippen LogP contribution in [0.2, 0.25) is 0 Å². The van der Waals surface area contributed by atoms with Gasteiger partial charge in [0, 0.05) is 24.3 Å². The van der Waals surface area contributed by atoms with Crippen molar-refractivity contribution in [1.82, 2.24) is 5.32 Å². The molecule has 1 saturated carbocycles. The summed E-state index contributed by atoms with van der Waals surface area (Å²) in [5, 5.41) is 3.78. The molecule has 2 saturated heterocycles. The largest absolute Gasteiger partial charge is 0.497 e. The molecule has 2 aliphatic heterocycles. The third-order valence-corrected chi connectivity index (χ3v) is 6.76. The molecule has 0 unspecified atom stereocenters. The third kappa shape index (κ3) is 1.95. The summed E-state index contributed by atoms with van der Waals surface area (Å²) in [4.78, 5) is 0. The van der Waals surface area contributed by atoms with Crippen molar-refractivity contribution >= 4 is 0 Å². The fourth-order valence-corrected chi connectivity index (χ4v) is 5.70. The van der Waals surface area contributed by atoms with E-state index in [1.165, 1.54) is 17.5 Å². The van der Waals surface area contributed by atoms with E-state index in [9.17, 15) is 0 Å². The van der Waals surface area contributed by atoms with Crippen LogP contribution >= 0.6 is 0 Å². The second-order valence-electron chi connectivity index (χ2n) is 7.61. The van der Waals surface area contributed by atoms with Gasteiger partial charge < -0.3 is 19.5 Å². The Bertz CT molecular complexity index is 625. The Balaban J connectivity index is 1.60. The lowest BCUT2D eigenvalue weighted by Gasteiger charge is -2.58. The predicted octanol–water partition coefficient (Wildman–Crippen LogP) is 2.39. The molecular formula is C19H25NO3. The molecule has 124 valence electrons. The Hall–Kier alpha value is -1.10. The van der Waals surface area contributed by atoms with Crippen LogP contribution in [-0.4, -0.2) is 38.7 Å². The molecule has 23 heavy (non-hydrogen) atoms. The molecule has 1 aromatic carbocycles. The number of hydrogen-bond donors (Lipinski definition) is 1. The van der Waals surface area contributed by atoms with Crippen LogP contribution in [0.1, 0.15) is 36.8 Å². The molecule has 4 aliphatic rings. The molecular weight excluding hydrogens is 290 g/mol. The maximum absolute atomic E-state index is 6.05. The summed E-state index contributed by atoms with van der Waals surface area (Å²) in [6.45, 7) is 2.62. The smallest absolute Gasteiger partial charge is 0.168 e. The number of nitrogens with one attached hydrogen (secondary N) is 1. The van der Waals surface area contributed by atoms with Crippen LogP contribution in [0.5, 0.6) is 5.75 Å². The van der Waals surface area contributed by atoms with Gasteiger partial charge in [-0.15, -0.1) is 0 Å². The van der Waals surface area contributed by atoms with Gasteiger partial charge in [0.1, 0.15) is 5.75 Å². The molecule has 3 atom stereocenters. The number of hydrogen-bond acceptors (Lipinski definition) is 4. The Kier molecular flexibility index (Phi) is 3.07. The van der Waals surface area contributed by atoms with Gasteiger partial charge in [0.2, 0.25) is 0 Å². The monoisotopic (exact) mass is 315 g/mol. The van der Waals surface area contributed by atoms with Crippen molar-refractivity contribution < 1.29 is 14.2 Å². The SMILES string of the molecule is COc1ccc2c(c1)[C@]13CCN[C@H](C2)[C@@H]1CC1(CC3)OCCO1. The van der Waals surface area contributed by atoms with E-state index in [0.29, 0.717) is 12.0 Å². The van der Waals surface area contributed by atoms with Gasteiger partial charge in [0.05, 0.1) is 20.3 Å². The highest BCUT2D eigenvalue weighted by atomic mass is 16.7. The highest BCUT2D eigenvalue weighted by molar-refractivity contribution is 5.45. The van der Waals surface area contributed by atoms with Crippen molar-refractivity contribution in [2.75, 3.05) is 26.9 Å². The van der Waals surface area contributed by atoms with E-state index in [1.54, 1.807) is 7.11 Å². The molecule has 4 nitrogen and oxygen atoms in total. The van der Waals surface area contributed by atoms with Crippen LogP contribution in [0.15, 0.2) is 18.2 Å². The topological polar surface area (TPSA) is 39.7 Å². The molecule has 0 radical (unpaired) electrons. The molecule has 2 heterocycles. The first-order valence-corrected chi connectivity index (χ1v) is 8.93. The zero-order chi connectivity index (χ0) is 15.5. The number of fused-ring (bicyclic) bond motifs is 1. The van der Waals surface area contributed by atoms with Crippen LogP contribution in [0, 0.1) is 5.92 Å². The Labute approximate surface area is 137 Å². The summed E-state index contributed by atoms with van der Waals surface area (Å²) in [6.07, 6.45) is 5.54. The van der Waals surface area contributed by atoms with E-state index in [2.05, 4.69) is 23.5 Å². The lowest BCUT2D eigenvalue weighted by atomic mass is 9.52. The lowest BCUT2D eigenvalue weighted by molar-refractivity contribution is -0.206. The highest BCUT2D eigenvalue weighted by Gasteiger charge is 2.58. The quantitative estimate of drug-likeness (QED) is 0.864. The predicted molar refractivity (Wildman–Crippen MR) is 86.8 cm³/mol. The summed E-state index contributed by atoms with van der Waals surface area (Å²) >= 11 is 0. The normalized spacial score (nSPS) is 37.3. The molecule has 0 aromatic heterocycles. The van der Waals surface area contributed by atoms with Crippen LogP contribution in [0.4, 0.5) is 0 Å². The van der Waals surface area contributed by atoms with E-state index < -0.39 is 0 Å². The Morgan fingerprint density at radius 2 is 2.04 bits per heavy atom. The summed E-state index contributed by atoms with van der Waals surface area (Å²) in [7, 11) is 1.76. The van der Waals surface area contributed by atoms with Gasteiger partial charge in [-0.25, -0.2) is 0 Å². The molecule has 1 aromatic rings. The minimum absolute atomic E-state index is 0.276. The first-order valence-electron chi connectivity index (χ1n) is 8.93. The van der Waals surface area contributed by atoms with Gasteiger partial charge in [0.25, 0.3) is 0 Å². The van der Waals surface area contributed by atoms with Crippen LogP contribution in [0.25, 0.3) is 0 Å². The van der Waals surface area contributed by atoms with Gasteiger partial charge in [0.15, 0.2) is 5.79 Å². The summed E-state index contributed by atoms with van der Waals surface area (Å²) < 4.78 is 17.6. The maximum Gasteiger partial charge on any atom is 0.168 e. The van der Waals surface area contributed by atoms with E-state index in [0.717, 1.165) is 51.2 Å². The van der Waals surface area contributed by atoms with Gasteiger partial charge in [-0.3, -0.25) is 0 Å². The Morgan fingerprint density at radius 3 is 2.87 bits per heavy atom. The number of benzene rings is 1. The van der Waals surface area contributed by atoms with E-state index >= 15 is 0 Å². The van der Waals surface area contributed by atoms with Gasteiger partial charge in [-0.05, 0) is 55.0 Å². The van der Waals surface area contributed by atoms with Gasteiger partial charge in [-0.2, -0.15) is 0 Å². The average molecular weight is 315 g/mol. The number of piperidine rings is 1. The fraction of sp³-hybridized carbons (Fsp3) is 0.684. The van der Waals surface area contributed by atoms with Crippen molar-refractivity contribution in [3.63, 3.8) is 0 Å². The summed E-state index contributed by atoms with van der Waals surface area (Å²) in [6, 6.07) is 7.24. The molecule has 3 fully saturated rings. The van der Waals surface area contributed by atoms with Crippen LogP contribution in [-0.2, 0) is 21.3 Å². The van der Waals surface area contributed by atoms with Crippen molar-refractivity contribution in [3.05, 3.63) is 29.3 Å². The first kappa shape index (κ1) is 14.3. The molecule has 5 rings (SSSR count). The second kappa shape index (κ2) is 4.95. The van der Waals surface area contributed by atoms with E-state index in [-0.39, 0.29) is 11.2 Å². The number of methoxy groups -OCH3 is 1. The van der Waals surface area contributed by atoms with E-state index in [4.69, 9.17) is 14.2 Å². The molecule has 2 bridgehead atoms. The number of ether oxygens (including phenoxy) is 3. The molecule has 2 aliphatic carbocycles. The average Bonchev–Trinajstić information content (AvgIpc) is 3.03. The van der Waals surface area contributed by atoms with Crippen molar-refractivity contribution in [1.29, 1.82) is 0 Å². The minimum atomic E-state index is -0.304. The molecule has 1 spiro atoms. The zero-order valence-electron chi connectivity index (χ0n) is 13.8. The highest BCUT2D eigenvalue weighted by Crippen LogP contribution is 2.57. The molecule has 1 N–H and O–H groups in total. The first-order chi connectivity index (χ1) is 11.2. The minimum Gasteiger partial charge on any atom is -0.497 e. The third-order valence-electron chi connectivity index (χ3n) is 6.76. The fourth-order valence-electron chi connectivity index (χ4n) is 5.70. The van der Waals surface area contributed by atoms with Crippen molar-refractivity contribution in [2.24, 2.45) is 5.92 Å². The van der Waals surface area contributed by atoms with Crippen LogP contribution < -0.4 is 10.1 Å². The lowest BCUT2D eigenvalue weighted by Crippen LogP contribution is -2.63. The van der Waals surface area contributed by atoms with Crippen molar-refractivity contribution in [3.8, 4) is 5.75 Å². The van der Waals surface area contributed by atoms with Gasteiger partial charge in [-0.1, -0.05) is 6.07 Å². The van der Waals surface area contributed by atoms with Crippen molar-refractivity contribution in [2.45, 2.75) is 49.3 Å². The molecule has 0 amide bonds. The number of rotatable bonds is 1. The molecule has 4 heteroatoms. The summed E-state index contributed by atoms with van der Waals surface area (Å²) in [5.74, 6) is 1.28. The maximum atomic E-state index is 6.05. The van der Waals surface area contributed by atoms with Crippen LogP contribution in [0.3, 0.4) is 0 Å². The standard InChI is InChI=1S/C19H25NO3/c1-21-14-3-2-13-10-17-16-12-19(22-8-9-23-19)5-4-18(16,6-7-20-17)15(13)11-14/h2-3,11,16-17,20H,4-10,12H2,1H3/t16-,17+,18-/m0/s1. The summed E-state index contributed by atoms with van der Waals surface area (Å²) in [5.41, 5.74) is 3.31. The second-order valence-corrected chi connectivity index (χ2v) is 7.61. The van der Waals surface area contributed by atoms with E-state index in [1.807, 2.05) is 0 Å². The Morgan fingerprint density at radius 1 is 1.17 bits per heavy atom. The van der Waals surface area contributed by atoms with Gasteiger partial charge >= 0.3 is 0 Å².